The molecule has 100 valence electrons. The smallest absolute Gasteiger partial charge is 0.335 e. The van der Waals surface area contributed by atoms with Crippen LogP contribution in [0.25, 0.3) is 0 Å². The predicted octanol–water partition coefficient (Wildman–Crippen LogP) is 3.51. The Hall–Kier alpha value is -1.58. The Balaban J connectivity index is 2.79. The Kier molecular flexibility index (Phi) is 5.62. The highest BCUT2D eigenvalue weighted by Gasteiger charge is 2.10. The number of carboxylic acid groups (broad SMARTS) is 1. The number of hydrogen-bond acceptors (Lipinski definition) is 3. The average molecular weight is 250 g/mol. The molecule has 0 saturated carbocycles. The van der Waals surface area contributed by atoms with Gasteiger partial charge in [0.2, 0.25) is 0 Å². The first-order chi connectivity index (χ1) is 8.54. The molecule has 0 unspecified atom stereocenters. The van der Waals surface area contributed by atoms with E-state index in [1.807, 2.05) is 13.8 Å². The van der Waals surface area contributed by atoms with Crippen LogP contribution in [0.5, 0.6) is 0 Å². The summed E-state index contributed by atoms with van der Waals surface area (Å²) in [6.45, 7) is 7.01. The van der Waals surface area contributed by atoms with Gasteiger partial charge in [-0.15, -0.1) is 0 Å². The minimum atomic E-state index is -0.907. The van der Waals surface area contributed by atoms with Crippen LogP contribution < -0.4 is 5.32 Å². The van der Waals surface area contributed by atoms with Gasteiger partial charge in [-0.05, 0) is 24.5 Å². The topological polar surface area (TPSA) is 62.2 Å². The molecule has 0 bridgehead atoms. The molecule has 0 radical (unpaired) electrons. The zero-order valence-electron chi connectivity index (χ0n) is 11.4. The largest absolute Gasteiger partial charge is 0.478 e. The van der Waals surface area contributed by atoms with Crippen LogP contribution in [0.4, 0.5) is 5.82 Å². The van der Waals surface area contributed by atoms with Gasteiger partial charge in [0, 0.05) is 12.2 Å². The number of nitrogens with zero attached hydrogens (tertiary/aromatic N) is 1. The van der Waals surface area contributed by atoms with Gasteiger partial charge in [-0.25, -0.2) is 9.78 Å². The third-order valence-corrected chi connectivity index (χ3v) is 2.77. The van der Waals surface area contributed by atoms with Crippen molar-refractivity contribution >= 4 is 11.8 Å². The Labute approximate surface area is 108 Å². The van der Waals surface area contributed by atoms with Crippen LogP contribution in [0, 0.1) is 0 Å². The van der Waals surface area contributed by atoms with E-state index in [1.54, 1.807) is 12.1 Å². The summed E-state index contributed by atoms with van der Waals surface area (Å²) < 4.78 is 0. The molecule has 4 heteroatoms. The Morgan fingerprint density at radius 1 is 1.39 bits per heavy atom. The molecular weight excluding hydrogens is 228 g/mol. The molecule has 0 saturated heterocycles. The minimum absolute atomic E-state index is 0.223. The maximum absolute atomic E-state index is 11.0. The van der Waals surface area contributed by atoms with E-state index in [0.717, 1.165) is 18.7 Å². The van der Waals surface area contributed by atoms with Gasteiger partial charge in [-0.2, -0.15) is 0 Å². The number of nitrogens with one attached hydrogen (secondary N) is 1. The lowest BCUT2D eigenvalue weighted by Crippen LogP contribution is -2.08. The molecule has 1 heterocycles. The molecule has 0 aromatic carbocycles. The second-order valence-electron chi connectivity index (χ2n) is 4.76. The average Bonchev–Trinajstić information content (AvgIpc) is 2.34. The lowest BCUT2D eigenvalue weighted by molar-refractivity contribution is 0.0696. The molecule has 1 rings (SSSR count). The van der Waals surface area contributed by atoms with Crippen molar-refractivity contribution in [1.82, 2.24) is 4.98 Å². The highest BCUT2D eigenvalue weighted by molar-refractivity contribution is 5.88. The van der Waals surface area contributed by atoms with E-state index in [1.165, 1.54) is 12.8 Å². The van der Waals surface area contributed by atoms with Gasteiger partial charge in [0.15, 0.2) is 0 Å². The number of aromatic nitrogens is 1. The van der Waals surface area contributed by atoms with E-state index >= 15 is 0 Å². The zero-order valence-corrected chi connectivity index (χ0v) is 11.4. The van der Waals surface area contributed by atoms with Crippen molar-refractivity contribution in [3.05, 3.63) is 23.4 Å². The molecule has 0 aliphatic carbocycles. The van der Waals surface area contributed by atoms with E-state index in [9.17, 15) is 4.79 Å². The molecule has 0 atom stereocenters. The Bertz CT molecular complexity index is 403. The third kappa shape index (κ3) is 4.35. The normalized spacial score (nSPS) is 10.7. The van der Waals surface area contributed by atoms with Crippen LogP contribution in [0.1, 0.15) is 62.0 Å². The Morgan fingerprint density at radius 3 is 2.67 bits per heavy atom. The van der Waals surface area contributed by atoms with Crippen molar-refractivity contribution in [2.75, 3.05) is 11.9 Å². The predicted molar refractivity (Wildman–Crippen MR) is 73.3 cm³/mol. The number of rotatable bonds is 7. The first-order valence-electron chi connectivity index (χ1n) is 6.53. The van der Waals surface area contributed by atoms with Crippen LogP contribution in [0.2, 0.25) is 0 Å². The van der Waals surface area contributed by atoms with Gasteiger partial charge in [0.25, 0.3) is 0 Å². The molecule has 1 aromatic rings. The molecule has 1 aromatic heterocycles. The second-order valence-corrected chi connectivity index (χ2v) is 4.76. The van der Waals surface area contributed by atoms with Crippen molar-refractivity contribution in [2.24, 2.45) is 0 Å². The number of hydrogen-bond donors (Lipinski definition) is 2. The number of carbonyl (C=O) groups is 1. The summed E-state index contributed by atoms with van der Waals surface area (Å²) >= 11 is 0. The second kappa shape index (κ2) is 6.99. The van der Waals surface area contributed by atoms with E-state index < -0.39 is 5.97 Å². The van der Waals surface area contributed by atoms with Crippen molar-refractivity contribution < 1.29 is 9.90 Å². The summed E-state index contributed by atoms with van der Waals surface area (Å²) in [4.78, 5) is 15.5. The molecule has 0 amide bonds. The molecule has 0 spiro atoms. The number of pyridine rings is 1. The summed E-state index contributed by atoms with van der Waals surface area (Å²) in [7, 11) is 0. The fourth-order valence-electron chi connectivity index (χ4n) is 1.65. The highest BCUT2D eigenvalue weighted by Crippen LogP contribution is 2.17. The number of carboxylic acids is 1. The summed E-state index contributed by atoms with van der Waals surface area (Å²) in [6.07, 6.45) is 3.41. The Morgan fingerprint density at radius 2 is 2.11 bits per heavy atom. The summed E-state index contributed by atoms with van der Waals surface area (Å²) in [5, 5.41) is 12.3. The van der Waals surface area contributed by atoms with Gasteiger partial charge in [0.1, 0.15) is 5.82 Å². The molecule has 0 fully saturated rings. The van der Waals surface area contributed by atoms with Gasteiger partial charge < -0.3 is 10.4 Å². The van der Waals surface area contributed by atoms with Crippen molar-refractivity contribution in [3.8, 4) is 0 Å². The summed E-state index contributed by atoms with van der Waals surface area (Å²) in [6, 6.07) is 3.24. The standard InChI is InChI=1S/C14H22N2O2/c1-4-5-6-7-15-13-9-11(14(17)18)8-12(16-13)10(2)3/h8-10H,4-7H2,1-3H3,(H,15,16)(H,17,18). The number of aromatic carboxylic acids is 1. The first-order valence-corrected chi connectivity index (χ1v) is 6.53. The van der Waals surface area contributed by atoms with Crippen molar-refractivity contribution in [2.45, 2.75) is 46.0 Å². The first kappa shape index (κ1) is 14.5. The molecule has 0 aliphatic heterocycles. The van der Waals surface area contributed by atoms with Gasteiger partial charge in [-0.1, -0.05) is 33.6 Å². The fourth-order valence-corrected chi connectivity index (χ4v) is 1.65. The van der Waals surface area contributed by atoms with E-state index in [4.69, 9.17) is 5.11 Å². The molecule has 0 aliphatic rings. The third-order valence-electron chi connectivity index (χ3n) is 2.77. The zero-order chi connectivity index (χ0) is 13.5. The van der Waals surface area contributed by atoms with Crippen molar-refractivity contribution in [1.29, 1.82) is 0 Å². The van der Waals surface area contributed by atoms with Crippen LogP contribution >= 0.6 is 0 Å². The monoisotopic (exact) mass is 250 g/mol. The lowest BCUT2D eigenvalue weighted by Gasteiger charge is -2.11. The maximum atomic E-state index is 11.0. The van der Waals surface area contributed by atoms with Crippen LogP contribution in [-0.2, 0) is 0 Å². The molecule has 18 heavy (non-hydrogen) atoms. The maximum Gasteiger partial charge on any atom is 0.335 e. The van der Waals surface area contributed by atoms with Gasteiger partial charge in [-0.3, -0.25) is 0 Å². The lowest BCUT2D eigenvalue weighted by atomic mass is 10.1. The summed E-state index contributed by atoms with van der Waals surface area (Å²) in [5.41, 5.74) is 1.11. The number of anilines is 1. The van der Waals surface area contributed by atoms with Gasteiger partial charge in [0.05, 0.1) is 5.56 Å². The summed E-state index contributed by atoms with van der Waals surface area (Å²) in [5.74, 6) is -0.0221. The minimum Gasteiger partial charge on any atom is -0.478 e. The van der Waals surface area contributed by atoms with Crippen LogP contribution in [0.3, 0.4) is 0 Å². The van der Waals surface area contributed by atoms with Crippen molar-refractivity contribution in [3.63, 3.8) is 0 Å². The van der Waals surface area contributed by atoms with E-state index in [0.29, 0.717) is 11.4 Å². The number of unbranched alkanes of at least 4 members (excludes halogenated alkanes) is 2. The molecule has 2 N–H and O–H groups in total. The quantitative estimate of drug-likeness (QED) is 0.727. The van der Waals surface area contributed by atoms with Crippen LogP contribution in [0.15, 0.2) is 12.1 Å². The molecular formula is C14H22N2O2. The van der Waals surface area contributed by atoms with Crippen LogP contribution in [-0.4, -0.2) is 22.6 Å². The van der Waals surface area contributed by atoms with E-state index in [2.05, 4.69) is 17.2 Å². The highest BCUT2D eigenvalue weighted by atomic mass is 16.4. The van der Waals surface area contributed by atoms with E-state index in [-0.39, 0.29) is 5.92 Å². The SMILES string of the molecule is CCCCCNc1cc(C(=O)O)cc(C(C)C)n1. The fraction of sp³-hybridized carbons (Fsp3) is 0.571. The molecule has 4 nitrogen and oxygen atoms in total. The van der Waals surface area contributed by atoms with Gasteiger partial charge >= 0.3 is 5.97 Å².